The van der Waals surface area contributed by atoms with Crippen LogP contribution in [0, 0.1) is 0 Å². The average Bonchev–Trinajstić information content (AvgIpc) is 1.68. The Morgan fingerprint density at radius 2 is 2.12 bits per heavy atom. The Morgan fingerprint density at radius 3 is 2.25 bits per heavy atom. The Bertz CT molecular complexity index is 68.9. The minimum absolute atomic E-state index is 0. The first kappa shape index (κ1) is 10.9. The highest BCUT2D eigenvalue weighted by atomic mass is 35.5. The van der Waals surface area contributed by atoms with Crippen molar-refractivity contribution in [3.8, 4) is 0 Å². The predicted octanol–water partition coefficient (Wildman–Crippen LogP) is 1.76. The minimum atomic E-state index is 0. The Kier molecular flexibility index (Phi) is 9.51. The molecule has 8 heavy (non-hydrogen) atoms. The van der Waals surface area contributed by atoms with Crippen molar-refractivity contribution in [2.45, 2.75) is 20.3 Å². The lowest BCUT2D eigenvalue weighted by atomic mass is 10.2. The molecule has 1 nitrogen and oxygen atoms in total. The second kappa shape index (κ2) is 6.99. The largest absolute Gasteiger partial charge is 0.396 e. The van der Waals surface area contributed by atoms with Gasteiger partial charge in [-0.25, -0.2) is 0 Å². The average molecular weight is 137 g/mol. The van der Waals surface area contributed by atoms with Gasteiger partial charge in [0.15, 0.2) is 0 Å². The molecule has 0 fully saturated rings. The quantitative estimate of drug-likeness (QED) is 0.574. The van der Waals surface area contributed by atoms with Crippen molar-refractivity contribution in [2.75, 3.05) is 6.61 Å². The third kappa shape index (κ3) is 5.99. The van der Waals surface area contributed by atoms with Gasteiger partial charge in [-0.2, -0.15) is 0 Å². The molecular weight excluding hydrogens is 124 g/mol. The van der Waals surface area contributed by atoms with Crippen molar-refractivity contribution >= 4 is 12.4 Å². The van der Waals surface area contributed by atoms with E-state index in [0.29, 0.717) is 0 Å². The molecule has 0 aliphatic carbocycles. The fourth-order valence-corrected chi connectivity index (χ4v) is 0.321. The molecule has 1 N–H and O–H groups in total. The van der Waals surface area contributed by atoms with E-state index in [9.17, 15) is 0 Å². The monoisotopic (exact) mass is 136 g/mol. The fourth-order valence-electron chi connectivity index (χ4n) is 0.321. The van der Waals surface area contributed by atoms with Gasteiger partial charge in [-0.1, -0.05) is 11.6 Å². The van der Waals surface area contributed by atoms with Crippen LogP contribution in [0.5, 0.6) is 0 Å². The van der Waals surface area contributed by atoms with Crippen LogP contribution in [-0.2, 0) is 0 Å². The van der Waals surface area contributed by atoms with Crippen LogP contribution < -0.4 is 0 Å². The number of aliphatic hydroxyl groups excluding tert-OH is 1. The number of halogens is 1. The van der Waals surface area contributed by atoms with Crippen LogP contribution in [-0.4, -0.2) is 11.7 Å². The zero-order valence-electron chi connectivity index (χ0n) is 5.35. The van der Waals surface area contributed by atoms with Crippen LogP contribution in [0.15, 0.2) is 11.6 Å². The minimum Gasteiger partial charge on any atom is -0.396 e. The van der Waals surface area contributed by atoms with E-state index in [0.717, 1.165) is 6.42 Å². The van der Waals surface area contributed by atoms with E-state index in [2.05, 4.69) is 0 Å². The molecule has 0 saturated heterocycles. The first-order valence-corrected chi connectivity index (χ1v) is 2.54. The summed E-state index contributed by atoms with van der Waals surface area (Å²) in [5.74, 6) is 0. The summed E-state index contributed by atoms with van der Waals surface area (Å²) in [7, 11) is 0. The van der Waals surface area contributed by atoms with Gasteiger partial charge in [-0.3, -0.25) is 0 Å². The molecule has 0 heterocycles. The van der Waals surface area contributed by atoms with E-state index >= 15 is 0 Å². The molecule has 0 radical (unpaired) electrons. The topological polar surface area (TPSA) is 20.2 Å². The summed E-state index contributed by atoms with van der Waals surface area (Å²) in [5, 5.41) is 8.33. The Labute approximate surface area is 56.8 Å². The van der Waals surface area contributed by atoms with E-state index in [-0.39, 0.29) is 19.0 Å². The molecule has 0 aromatic carbocycles. The van der Waals surface area contributed by atoms with E-state index in [4.69, 9.17) is 5.11 Å². The molecule has 0 saturated carbocycles. The molecule has 0 atom stereocenters. The van der Waals surface area contributed by atoms with Gasteiger partial charge in [0, 0.05) is 6.61 Å². The maximum Gasteiger partial charge on any atom is 0.0468 e. The maximum absolute atomic E-state index is 8.33. The van der Waals surface area contributed by atoms with Gasteiger partial charge < -0.3 is 5.11 Å². The molecule has 0 aromatic heterocycles. The van der Waals surface area contributed by atoms with Crippen molar-refractivity contribution < 1.29 is 5.11 Å². The molecule has 0 rings (SSSR count). The molecule has 0 aliphatic heterocycles. The summed E-state index contributed by atoms with van der Waals surface area (Å²) >= 11 is 0. The highest BCUT2D eigenvalue weighted by Crippen LogP contribution is 1.95. The molecule has 0 unspecified atom stereocenters. The predicted molar refractivity (Wildman–Crippen MR) is 38.4 cm³/mol. The van der Waals surface area contributed by atoms with Crippen molar-refractivity contribution in [1.82, 2.24) is 0 Å². The number of allylic oxidation sites excluding steroid dienone is 1. The standard InChI is InChI=1S/C6H12O.ClH/c1-3-6(2)4-5-7;/h3,7H,4-5H2,1-2H3;1H. The Morgan fingerprint density at radius 1 is 1.62 bits per heavy atom. The van der Waals surface area contributed by atoms with Gasteiger partial charge in [-0.05, 0) is 20.3 Å². The SMILES string of the molecule is CC=C(C)CCO.Cl. The van der Waals surface area contributed by atoms with Gasteiger partial charge in [0.05, 0.1) is 0 Å². The van der Waals surface area contributed by atoms with Gasteiger partial charge in [0.2, 0.25) is 0 Å². The summed E-state index contributed by atoms with van der Waals surface area (Å²) in [6.45, 7) is 4.26. The van der Waals surface area contributed by atoms with E-state index in [1.807, 2.05) is 19.9 Å². The second-order valence-corrected chi connectivity index (χ2v) is 1.61. The maximum atomic E-state index is 8.33. The highest BCUT2D eigenvalue weighted by Gasteiger charge is 1.80. The molecule has 0 aliphatic rings. The molecule has 0 amide bonds. The first-order valence-electron chi connectivity index (χ1n) is 2.54. The van der Waals surface area contributed by atoms with Crippen LogP contribution in [0.4, 0.5) is 0 Å². The fraction of sp³-hybridized carbons (Fsp3) is 0.667. The van der Waals surface area contributed by atoms with Crippen LogP contribution in [0.2, 0.25) is 0 Å². The zero-order chi connectivity index (χ0) is 5.70. The van der Waals surface area contributed by atoms with Crippen LogP contribution in [0.1, 0.15) is 20.3 Å². The molecule has 0 spiro atoms. The number of rotatable bonds is 2. The Balaban J connectivity index is 0. The lowest BCUT2D eigenvalue weighted by molar-refractivity contribution is 0.299. The number of aliphatic hydroxyl groups is 1. The van der Waals surface area contributed by atoms with Gasteiger partial charge in [-0.15, -0.1) is 12.4 Å². The van der Waals surface area contributed by atoms with E-state index in [1.54, 1.807) is 0 Å². The van der Waals surface area contributed by atoms with Crippen molar-refractivity contribution in [2.24, 2.45) is 0 Å². The lowest BCUT2D eigenvalue weighted by Gasteiger charge is -1.90. The van der Waals surface area contributed by atoms with Crippen molar-refractivity contribution in [3.05, 3.63) is 11.6 Å². The summed E-state index contributed by atoms with van der Waals surface area (Å²) in [6, 6.07) is 0. The van der Waals surface area contributed by atoms with E-state index < -0.39 is 0 Å². The highest BCUT2D eigenvalue weighted by molar-refractivity contribution is 5.85. The second-order valence-electron chi connectivity index (χ2n) is 1.61. The molecule has 2 heteroatoms. The van der Waals surface area contributed by atoms with Crippen LogP contribution >= 0.6 is 12.4 Å². The van der Waals surface area contributed by atoms with Gasteiger partial charge in [0.1, 0.15) is 0 Å². The molecule has 50 valence electrons. The Hall–Kier alpha value is -0.0100. The summed E-state index contributed by atoms with van der Waals surface area (Å²) in [4.78, 5) is 0. The van der Waals surface area contributed by atoms with Crippen LogP contribution in [0.3, 0.4) is 0 Å². The third-order valence-corrected chi connectivity index (χ3v) is 0.999. The lowest BCUT2D eigenvalue weighted by Crippen LogP contribution is -1.81. The molecule has 0 bridgehead atoms. The van der Waals surface area contributed by atoms with Crippen molar-refractivity contribution in [3.63, 3.8) is 0 Å². The smallest absolute Gasteiger partial charge is 0.0468 e. The summed E-state index contributed by atoms with van der Waals surface area (Å²) < 4.78 is 0. The molecular formula is C6H13ClO. The zero-order valence-corrected chi connectivity index (χ0v) is 6.16. The number of hydrogen-bond acceptors (Lipinski definition) is 1. The summed E-state index contributed by atoms with van der Waals surface area (Å²) in [6.07, 6.45) is 2.83. The van der Waals surface area contributed by atoms with Crippen LogP contribution in [0.25, 0.3) is 0 Å². The number of hydrogen-bond donors (Lipinski definition) is 1. The van der Waals surface area contributed by atoms with E-state index in [1.165, 1.54) is 5.57 Å². The van der Waals surface area contributed by atoms with Gasteiger partial charge >= 0.3 is 0 Å². The van der Waals surface area contributed by atoms with Gasteiger partial charge in [0.25, 0.3) is 0 Å². The normalized spacial score (nSPS) is 10.6. The third-order valence-electron chi connectivity index (χ3n) is 0.999. The molecule has 0 aromatic rings. The summed E-state index contributed by atoms with van der Waals surface area (Å²) in [5.41, 5.74) is 1.25. The first-order chi connectivity index (χ1) is 3.31. The van der Waals surface area contributed by atoms with Crippen molar-refractivity contribution in [1.29, 1.82) is 0 Å².